The van der Waals surface area contributed by atoms with Gasteiger partial charge in [-0.3, -0.25) is 4.79 Å². The van der Waals surface area contributed by atoms with Crippen molar-refractivity contribution in [3.8, 4) is 0 Å². The quantitative estimate of drug-likeness (QED) is 0.861. The summed E-state index contributed by atoms with van der Waals surface area (Å²) in [5.41, 5.74) is 3.51. The van der Waals surface area contributed by atoms with E-state index in [0.29, 0.717) is 0 Å². The molecule has 0 spiro atoms. The lowest BCUT2D eigenvalue weighted by molar-refractivity contribution is 0.0748. The summed E-state index contributed by atoms with van der Waals surface area (Å²) in [5.74, 6) is 1.22. The summed E-state index contributed by atoms with van der Waals surface area (Å²) in [5, 5.41) is 3.37. The lowest BCUT2D eigenvalue weighted by atomic mass is 9.98. The molecule has 3 nitrogen and oxygen atoms in total. The van der Waals surface area contributed by atoms with Gasteiger partial charge in [0.1, 0.15) is 0 Å². The topological polar surface area (TPSA) is 32.3 Å². The average Bonchev–Trinajstić information content (AvgIpc) is 2.45. The Hall–Kier alpha value is -1.00. The molecule has 0 aromatic heterocycles. The number of thioether (sulfide) groups is 1. The molecule has 0 atom stereocenters. The van der Waals surface area contributed by atoms with Crippen LogP contribution in [0.25, 0.3) is 0 Å². The van der Waals surface area contributed by atoms with Crippen molar-refractivity contribution in [2.24, 2.45) is 0 Å². The molecule has 2 heterocycles. The molecule has 1 aromatic carbocycles. The van der Waals surface area contributed by atoms with Crippen molar-refractivity contribution >= 4 is 17.7 Å². The first-order valence-corrected chi connectivity index (χ1v) is 8.29. The molecule has 2 aliphatic rings. The minimum absolute atomic E-state index is 0.170. The molecular weight excluding hydrogens is 268 g/mol. The first kappa shape index (κ1) is 14.0. The van der Waals surface area contributed by atoms with Crippen molar-refractivity contribution in [1.29, 1.82) is 0 Å². The van der Waals surface area contributed by atoms with Gasteiger partial charge in [0.15, 0.2) is 0 Å². The maximum absolute atomic E-state index is 12.7. The number of hydrogen-bond acceptors (Lipinski definition) is 3. The van der Waals surface area contributed by atoms with Crippen LogP contribution in [0.2, 0.25) is 0 Å². The molecule has 20 heavy (non-hydrogen) atoms. The van der Waals surface area contributed by atoms with Crippen LogP contribution in [0, 0.1) is 0 Å². The van der Waals surface area contributed by atoms with Crippen LogP contribution in [0.3, 0.4) is 0 Å². The SMILES string of the molecule is CC1(C)CN(C(=O)c2ccc3c(c2)CNCC3)CCS1. The van der Waals surface area contributed by atoms with Crippen molar-refractivity contribution in [2.75, 3.05) is 25.4 Å². The van der Waals surface area contributed by atoms with E-state index in [1.165, 1.54) is 11.1 Å². The van der Waals surface area contributed by atoms with Gasteiger partial charge >= 0.3 is 0 Å². The highest BCUT2D eigenvalue weighted by Gasteiger charge is 2.30. The summed E-state index contributed by atoms with van der Waals surface area (Å²) in [6.07, 6.45) is 1.07. The van der Waals surface area contributed by atoms with Gasteiger partial charge in [0.2, 0.25) is 0 Å². The molecule has 0 bridgehead atoms. The number of carbonyl (C=O) groups is 1. The Morgan fingerprint density at radius 1 is 1.35 bits per heavy atom. The van der Waals surface area contributed by atoms with E-state index in [9.17, 15) is 4.79 Å². The van der Waals surface area contributed by atoms with E-state index < -0.39 is 0 Å². The van der Waals surface area contributed by atoms with Crippen molar-refractivity contribution in [3.63, 3.8) is 0 Å². The molecule has 0 unspecified atom stereocenters. The van der Waals surface area contributed by atoms with Crippen LogP contribution in [0.5, 0.6) is 0 Å². The summed E-state index contributed by atoms with van der Waals surface area (Å²) in [6, 6.07) is 6.22. The summed E-state index contributed by atoms with van der Waals surface area (Å²) >= 11 is 1.96. The summed E-state index contributed by atoms with van der Waals surface area (Å²) < 4.78 is 0.170. The highest BCUT2D eigenvalue weighted by Crippen LogP contribution is 2.30. The Labute approximate surface area is 125 Å². The van der Waals surface area contributed by atoms with E-state index in [1.807, 2.05) is 22.7 Å². The summed E-state index contributed by atoms with van der Waals surface area (Å²) in [7, 11) is 0. The van der Waals surface area contributed by atoms with Crippen molar-refractivity contribution in [3.05, 3.63) is 34.9 Å². The Morgan fingerprint density at radius 3 is 3.00 bits per heavy atom. The molecule has 1 aromatic rings. The molecule has 1 saturated heterocycles. The van der Waals surface area contributed by atoms with Crippen molar-refractivity contribution in [2.45, 2.75) is 31.6 Å². The molecule has 1 amide bonds. The zero-order chi connectivity index (χ0) is 14.2. The number of hydrogen-bond donors (Lipinski definition) is 1. The molecule has 0 aliphatic carbocycles. The highest BCUT2D eigenvalue weighted by molar-refractivity contribution is 8.00. The molecule has 2 aliphatic heterocycles. The third kappa shape index (κ3) is 2.86. The Bertz CT molecular complexity index is 527. The largest absolute Gasteiger partial charge is 0.336 e. The third-order valence-corrected chi connectivity index (χ3v) is 5.35. The lowest BCUT2D eigenvalue weighted by Gasteiger charge is -2.37. The van der Waals surface area contributed by atoms with Gasteiger partial charge < -0.3 is 10.2 Å². The van der Waals surface area contributed by atoms with Crippen LogP contribution in [-0.4, -0.2) is 40.9 Å². The smallest absolute Gasteiger partial charge is 0.253 e. The zero-order valence-corrected chi connectivity index (χ0v) is 13.1. The summed E-state index contributed by atoms with van der Waals surface area (Å²) in [6.45, 7) is 8.06. The fourth-order valence-electron chi connectivity index (χ4n) is 2.99. The number of amides is 1. The van der Waals surface area contributed by atoms with E-state index in [-0.39, 0.29) is 10.7 Å². The third-order valence-electron chi connectivity index (χ3n) is 4.05. The molecule has 1 fully saturated rings. The first-order valence-electron chi connectivity index (χ1n) is 7.31. The minimum Gasteiger partial charge on any atom is -0.336 e. The van der Waals surface area contributed by atoms with E-state index >= 15 is 0 Å². The lowest BCUT2D eigenvalue weighted by Crippen LogP contribution is -2.46. The number of nitrogens with zero attached hydrogens (tertiary/aromatic N) is 1. The van der Waals surface area contributed by atoms with Gasteiger partial charge in [-0.2, -0.15) is 11.8 Å². The summed E-state index contributed by atoms with van der Waals surface area (Å²) in [4.78, 5) is 14.7. The molecule has 1 N–H and O–H groups in total. The molecule has 0 radical (unpaired) electrons. The second kappa shape index (κ2) is 5.41. The van der Waals surface area contributed by atoms with Crippen LogP contribution in [0.1, 0.15) is 35.3 Å². The second-order valence-corrected chi connectivity index (χ2v) is 8.05. The molecule has 0 saturated carbocycles. The van der Waals surface area contributed by atoms with Crippen LogP contribution in [0.15, 0.2) is 18.2 Å². The Kier molecular flexibility index (Phi) is 3.78. The predicted octanol–water partition coefficient (Wildman–Crippen LogP) is 2.30. The van der Waals surface area contributed by atoms with Gasteiger partial charge in [0.25, 0.3) is 5.91 Å². The van der Waals surface area contributed by atoms with Crippen LogP contribution >= 0.6 is 11.8 Å². The van der Waals surface area contributed by atoms with Gasteiger partial charge in [-0.1, -0.05) is 6.07 Å². The van der Waals surface area contributed by atoms with Crippen LogP contribution in [-0.2, 0) is 13.0 Å². The van der Waals surface area contributed by atoms with E-state index in [1.54, 1.807) is 0 Å². The van der Waals surface area contributed by atoms with Crippen LogP contribution in [0.4, 0.5) is 0 Å². The molecular formula is C16H22N2OS. The second-order valence-electron chi connectivity index (χ2n) is 6.25. The monoisotopic (exact) mass is 290 g/mol. The number of carbonyl (C=O) groups excluding carboxylic acids is 1. The van der Waals surface area contributed by atoms with E-state index in [4.69, 9.17) is 0 Å². The van der Waals surface area contributed by atoms with Crippen molar-refractivity contribution < 1.29 is 4.79 Å². The fourth-order valence-corrected chi connectivity index (χ4v) is 4.10. The number of nitrogens with one attached hydrogen (secondary N) is 1. The molecule has 3 rings (SSSR count). The molecule has 108 valence electrons. The van der Waals surface area contributed by atoms with Gasteiger partial charge in [0, 0.05) is 35.7 Å². The predicted molar refractivity (Wildman–Crippen MR) is 84.3 cm³/mol. The normalized spacial score (nSPS) is 21.4. The number of fused-ring (bicyclic) bond motifs is 1. The van der Waals surface area contributed by atoms with Gasteiger partial charge in [-0.25, -0.2) is 0 Å². The maximum atomic E-state index is 12.7. The standard InChI is InChI=1S/C16H22N2OS/c1-16(2)11-18(7-8-20-16)15(19)13-4-3-12-5-6-17-10-14(12)9-13/h3-4,9,17H,5-8,10-11H2,1-2H3. The Balaban J connectivity index is 1.80. The number of rotatable bonds is 1. The van der Waals surface area contributed by atoms with Crippen LogP contribution < -0.4 is 5.32 Å². The van der Waals surface area contributed by atoms with Gasteiger partial charge in [0.05, 0.1) is 0 Å². The molecule has 4 heteroatoms. The number of benzene rings is 1. The van der Waals surface area contributed by atoms with Gasteiger partial charge in [-0.05, 0) is 50.1 Å². The Morgan fingerprint density at radius 2 is 2.20 bits per heavy atom. The average molecular weight is 290 g/mol. The van der Waals surface area contributed by atoms with E-state index in [0.717, 1.165) is 43.9 Å². The van der Waals surface area contributed by atoms with Crippen molar-refractivity contribution in [1.82, 2.24) is 10.2 Å². The fraction of sp³-hybridized carbons (Fsp3) is 0.562. The zero-order valence-electron chi connectivity index (χ0n) is 12.2. The van der Waals surface area contributed by atoms with E-state index in [2.05, 4.69) is 31.3 Å². The maximum Gasteiger partial charge on any atom is 0.253 e. The highest BCUT2D eigenvalue weighted by atomic mass is 32.2. The van der Waals surface area contributed by atoms with Gasteiger partial charge in [-0.15, -0.1) is 0 Å². The minimum atomic E-state index is 0.170. The first-order chi connectivity index (χ1) is 9.55.